The zero-order chi connectivity index (χ0) is 45.6. The molecular formula is C67H51N. The molecule has 1 heteroatoms. The monoisotopic (exact) mass is 869 g/mol. The van der Waals surface area contributed by atoms with E-state index in [1.54, 1.807) is 0 Å². The molecule has 324 valence electrons. The van der Waals surface area contributed by atoms with Crippen LogP contribution in [0, 0.1) is 0 Å². The minimum atomic E-state index is -0.0506. The predicted molar refractivity (Wildman–Crippen MR) is 290 cm³/mol. The van der Waals surface area contributed by atoms with Gasteiger partial charge in [-0.1, -0.05) is 214 Å². The molecule has 0 radical (unpaired) electrons. The van der Waals surface area contributed by atoms with Crippen molar-refractivity contribution in [2.45, 2.75) is 32.1 Å². The van der Waals surface area contributed by atoms with Crippen LogP contribution in [0.2, 0.25) is 0 Å². The topological polar surface area (TPSA) is 3.24 Å². The molecule has 1 nitrogen and oxygen atoms in total. The largest absolute Gasteiger partial charge is 0.310 e. The van der Waals surface area contributed by atoms with Crippen molar-refractivity contribution in [1.29, 1.82) is 0 Å². The molecule has 0 atom stereocenters. The van der Waals surface area contributed by atoms with Crippen molar-refractivity contribution in [1.82, 2.24) is 0 Å². The molecule has 2 aliphatic rings. The number of fused-ring (bicyclic) bond motifs is 3. The van der Waals surface area contributed by atoms with Crippen LogP contribution in [0.5, 0.6) is 0 Å². The molecule has 0 bridgehead atoms. The summed E-state index contributed by atoms with van der Waals surface area (Å²) < 4.78 is 0. The predicted octanol–water partition coefficient (Wildman–Crippen LogP) is 18.7. The molecule has 0 aliphatic heterocycles. The Morgan fingerprint density at radius 2 is 0.824 bits per heavy atom. The molecule has 0 aromatic heterocycles. The van der Waals surface area contributed by atoms with Gasteiger partial charge in [-0.05, 0) is 161 Å². The van der Waals surface area contributed by atoms with E-state index < -0.39 is 0 Å². The first-order chi connectivity index (χ1) is 33.5. The van der Waals surface area contributed by atoms with Gasteiger partial charge >= 0.3 is 0 Å². The van der Waals surface area contributed by atoms with Gasteiger partial charge in [0.25, 0.3) is 0 Å². The van der Waals surface area contributed by atoms with Crippen molar-refractivity contribution >= 4 is 33.4 Å². The Morgan fingerprint density at radius 3 is 1.56 bits per heavy atom. The maximum absolute atomic E-state index is 2.40. The molecule has 10 aromatic rings. The van der Waals surface area contributed by atoms with E-state index >= 15 is 0 Å². The fraction of sp³-hybridized carbons (Fsp3) is 0.0746. The molecule has 0 heterocycles. The number of allylic oxidation sites excluding steroid dienone is 4. The minimum Gasteiger partial charge on any atom is -0.310 e. The van der Waals surface area contributed by atoms with Gasteiger partial charge in [0.2, 0.25) is 0 Å². The summed E-state index contributed by atoms with van der Waals surface area (Å²) in [7, 11) is 0. The van der Waals surface area contributed by atoms with Crippen molar-refractivity contribution in [3.63, 3.8) is 0 Å². The molecule has 0 N–H and O–H groups in total. The van der Waals surface area contributed by atoms with Crippen LogP contribution in [0.1, 0.15) is 37.8 Å². The van der Waals surface area contributed by atoms with Crippen molar-refractivity contribution in [2.24, 2.45) is 0 Å². The lowest BCUT2D eigenvalue weighted by atomic mass is 9.77. The van der Waals surface area contributed by atoms with Gasteiger partial charge < -0.3 is 4.90 Å². The smallest absolute Gasteiger partial charge is 0.0467 e. The van der Waals surface area contributed by atoms with Crippen LogP contribution in [0.4, 0.5) is 17.1 Å². The summed E-state index contributed by atoms with van der Waals surface area (Å²) in [5.74, 6) is 0. The Morgan fingerprint density at radius 1 is 0.338 bits per heavy atom. The summed E-state index contributed by atoms with van der Waals surface area (Å²) in [5, 5.41) is 2.52. The quantitative estimate of drug-likeness (QED) is 0.140. The molecule has 2 aliphatic carbocycles. The Balaban J connectivity index is 0.887. The molecular weight excluding hydrogens is 819 g/mol. The number of nitrogens with zero attached hydrogens (tertiary/aromatic N) is 1. The number of anilines is 3. The van der Waals surface area contributed by atoms with E-state index in [2.05, 4.69) is 267 Å². The summed E-state index contributed by atoms with van der Waals surface area (Å²) >= 11 is 0. The van der Waals surface area contributed by atoms with E-state index in [9.17, 15) is 0 Å². The van der Waals surface area contributed by atoms with Gasteiger partial charge in [-0.25, -0.2) is 0 Å². The lowest BCUT2D eigenvalue weighted by Gasteiger charge is -2.28. The zero-order valence-corrected chi connectivity index (χ0v) is 38.5. The molecule has 10 aromatic carbocycles. The summed E-state index contributed by atoms with van der Waals surface area (Å²) in [6.45, 7) is 4.80. The van der Waals surface area contributed by atoms with Crippen LogP contribution in [-0.2, 0) is 5.41 Å². The second-order valence-corrected chi connectivity index (χ2v) is 18.8. The van der Waals surface area contributed by atoms with Gasteiger partial charge in [0.15, 0.2) is 0 Å². The third-order valence-corrected chi connectivity index (χ3v) is 14.3. The SMILES string of the molecule is CC1(C)C2=C(CCC=C2)c2cccc(-c3ccc(N(c4ccc(-c5ccc(-c6cccc(-c7ccc8ccccc8c7)c6)cc5)cc4)c4cccc(-c5ccccc5-c5ccccc5)c4)cc3)c21. The summed E-state index contributed by atoms with van der Waals surface area (Å²) in [6.07, 6.45) is 6.95. The van der Waals surface area contributed by atoms with Crippen LogP contribution in [0.3, 0.4) is 0 Å². The van der Waals surface area contributed by atoms with E-state index in [-0.39, 0.29) is 5.41 Å². The fourth-order valence-electron chi connectivity index (χ4n) is 10.9. The highest BCUT2D eigenvalue weighted by Crippen LogP contribution is 2.53. The second kappa shape index (κ2) is 17.2. The van der Waals surface area contributed by atoms with Crippen LogP contribution in [0.15, 0.2) is 254 Å². The van der Waals surface area contributed by atoms with Crippen LogP contribution < -0.4 is 4.90 Å². The van der Waals surface area contributed by atoms with Crippen LogP contribution in [0.25, 0.3) is 83.1 Å². The average molecular weight is 870 g/mol. The van der Waals surface area contributed by atoms with Crippen molar-refractivity contribution < 1.29 is 0 Å². The van der Waals surface area contributed by atoms with E-state index in [0.29, 0.717) is 0 Å². The summed E-state index contributed by atoms with van der Waals surface area (Å²) in [5.41, 5.74) is 23.7. The van der Waals surface area contributed by atoms with Gasteiger partial charge in [0.1, 0.15) is 0 Å². The third-order valence-electron chi connectivity index (χ3n) is 14.3. The van der Waals surface area contributed by atoms with Gasteiger partial charge in [-0.2, -0.15) is 0 Å². The maximum Gasteiger partial charge on any atom is 0.0467 e. The van der Waals surface area contributed by atoms with E-state index in [1.807, 2.05) is 0 Å². The summed E-state index contributed by atoms with van der Waals surface area (Å²) in [6, 6.07) is 86.8. The van der Waals surface area contributed by atoms with E-state index in [4.69, 9.17) is 0 Å². The molecule has 0 unspecified atom stereocenters. The molecule has 0 saturated heterocycles. The molecule has 12 rings (SSSR count). The Kier molecular flexibility index (Phi) is 10.4. The Bertz CT molecular complexity index is 3550. The summed E-state index contributed by atoms with van der Waals surface area (Å²) in [4.78, 5) is 2.40. The van der Waals surface area contributed by atoms with E-state index in [0.717, 1.165) is 29.9 Å². The highest BCUT2D eigenvalue weighted by molar-refractivity contribution is 5.92. The lowest BCUT2D eigenvalue weighted by Crippen LogP contribution is -2.17. The van der Waals surface area contributed by atoms with Crippen molar-refractivity contribution in [3.8, 4) is 66.8 Å². The first kappa shape index (κ1) is 41.2. The van der Waals surface area contributed by atoms with Gasteiger partial charge in [-0.15, -0.1) is 0 Å². The molecule has 0 saturated carbocycles. The number of rotatable bonds is 9. The zero-order valence-electron chi connectivity index (χ0n) is 38.5. The normalized spacial score (nSPS) is 13.6. The highest BCUT2D eigenvalue weighted by atomic mass is 15.1. The Hall–Kier alpha value is -8.26. The first-order valence-corrected chi connectivity index (χ1v) is 24.0. The van der Waals surface area contributed by atoms with Gasteiger partial charge in [0.05, 0.1) is 0 Å². The Labute approximate surface area is 400 Å². The fourth-order valence-corrected chi connectivity index (χ4v) is 10.9. The number of benzene rings is 10. The molecule has 0 spiro atoms. The molecule has 0 amide bonds. The average Bonchev–Trinajstić information content (AvgIpc) is 3.65. The third kappa shape index (κ3) is 7.47. The molecule has 68 heavy (non-hydrogen) atoms. The lowest BCUT2D eigenvalue weighted by molar-refractivity contribution is 0.653. The molecule has 0 fully saturated rings. The van der Waals surface area contributed by atoms with E-state index in [1.165, 1.54) is 99.8 Å². The van der Waals surface area contributed by atoms with Crippen LogP contribution in [-0.4, -0.2) is 0 Å². The maximum atomic E-state index is 2.40. The first-order valence-electron chi connectivity index (χ1n) is 24.0. The van der Waals surface area contributed by atoms with Gasteiger partial charge in [0, 0.05) is 22.5 Å². The second-order valence-electron chi connectivity index (χ2n) is 18.8. The van der Waals surface area contributed by atoms with Crippen molar-refractivity contribution in [3.05, 3.63) is 265 Å². The van der Waals surface area contributed by atoms with Crippen molar-refractivity contribution in [2.75, 3.05) is 4.90 Å². The number of hydrogen-bond donors (Lipinski definition) is 0. The standard InChI is InChI=1S/C67H51N/c1-67(2)65-28-11-10-25-63(65)64-27-14-26-62(66(64)67)51-37-41-58(42-38-51)68(59-22-13-21-56(45-59)61-24-9-8-23-60(61)50-16-4-3-5-17-50)57-39-35-48(36-40-57)47-29-31-49(32-30-47)53-19-12-20-54(43-53)55-34-33-46-15-6-7-18-52(46)44-55/h3-9,11-24,26-45H,10,25H2,1-2H3. The number of hydrogen-bond acceptors (Lipinski definition) is 1. The van der Waals surface area contributed by atoms with Crippen LogP contribution >= 0.6 is 0 Å². The highest BCUT2D eigenvalue weighted by Gasteiger charge is 2.39. The minimum absolute atomic E-state index is 0.0506. The van der Waals surface area contributed by atoms with Gasteiger partial charge in [-0.3, -0.25) is 0 Å².